The van der Waals surface area contributed by atoms with Crippen LogP contribution in [0.25, 0.3) is 0 Å². The summed E-state index contributed by atoms with van der Waals surface area (Å²) < 4.78 is 29.0. The van der Waals surface area contributed by atoms with E-state index in [1.807, 2.05) is 10.8 Å². The van der Waals surface area contributed by atoms with Crippen LogP contribution in [0.5, 0.6) is 0 Å². The molecule has 0 bridgehead atoms. The number of rotatable bonds is 5. The molecule has 0 aromatic carbocycles. The molecule has 0 radical (unpaired) electrons. The lowest BCUT2D eigenvalue weighted by molar-refractivity contribution is 0.561. The summed E-state index contributed by atoms with van der Waals surface area (Å²) in [4.78, 5) is 4.22. The molecule has 2 aliphatic rings. The van der Waals surface area contributed by atoms with E-state index >= 15 is 0 Å². The quantitative estimate of drug-likeness (QED) is 0.864. The zero-order chi connectivity index (χ0) is 12.0. The lowest BCUT2D eigenvalue weighted by Gasteiger charge is -2.15. The molecular formula is C11H17N3O2S. The van der Waals surface area contributed by atoms with E-state index in [0.29, 0.717) is 11.9 Å². The minimum Gasteiger partial charge on any atom is -0.331 e. The second-order valence-corrected chi connectivity index (χ2v) is 7.04. The second kappa shape index (κ2) is 3.81. The first-order chi connectivity index (χ1) is 8.08. The fourth-order valence-electron chi connectivity index (χ4n) is 1.98. The Hall–Kier alpha value is -0.880. The van der Waals surface area contributed by atoms with E-state index in [9.17, 15) is 8.42 Å². The van der Waals surface area contributed by atoms with E-state index in [2.05, 4.69) is 9.71 Å². The van der Waals surface area contributed by atoms with Crippen molar-refractivity contribution in [2.24, 2.45) is 0 Å². The largest absolute Gasteiger partial charge is 0.331 e. The Morgan fingerprint density at radius 3 is 2.71 bits per heavy atom. The van der Waals surface area contributed by atoms with Crippen molar-refractivity contribution in [2.45, 2.75) is 49.9 Å². The second-order valence-electron chi connectivity index (χ2n) is 5.00. The van der Waals surface area contributed by atoms with Crippen LogP contribution >= 0.6 is 0 Å². The summed E-state index contributed by atoms with van der Waals surface area (Å²) in [6, 6.07) is 0.623. The minimum absolute atomic E-state index is 0.159. The van der Waals surface area contributed by atoms with Crippen molar-refractivity contribution in [1.82, 2.24) is 14.3 Å². The van der Waals surface area contributed by atoms with Crippen molar-refractivity contribution in [3.8, 4) is 0 Å². The molecule has 1 N–H and O–H groups in total. The fourth-order valence-corrected chi connectivity index (χ4v) is 3.34. The van der Waals surface area contributed by atoms with Crippen LogP contribution in [0.1, 0.15) is 49.7 Å². The highest BCUT2D eigenvalue weighted by Crippen LogP contribution is 2.37. The summed E-state index contributed by atoms with van der Waals surface area (Å²) in [6.45, 7) is 1.71. The van der Waals surface area contributed by atoms with Crippen molar-refractivity contribution in [2.75, 3.05) is 0 Å². The third-order valence-corrected chi connectivity index (χ3v) is 5.18. The molecule has 0 saturated heterocycles. The normalized spacial score (nSPS) is 22.6. The third-order valence-electron chi connectivity index (χ3n) is 3.38. The fraction of sp³-hybridized carbons (Fsp3) is 0.727. The molecule has 5 nitrogen and oxygen atoms in total. The topological polar surface area (TPSA) is 64.0 Å². The van der Waals surface area contributed by atoms with Gasteiger partial charge in [0.15, 0.2) is 0 Å². The monoisotopic (exact) mass is 255 g/mol. The molecule has 3 rings (SSSR count). The first-order valence-corrected chi connectivity index (χ1v) is 7.66. The van der Waals surface area contributed by atoms with Gasteiger partial charge >= 0.3 is 0 Å². The Morgan fingerprint density at radius 2 is 2.12 bits per heavy atom. The lowest BCUT2D eigenvalue weighted by atomic mass is 10.4. The first-order valence-electron chi connectivity index (χ1n) is 6.12. The first kappa shape index (κ1) is 11.2. The highest BCUT2D eigenvalue weighted by molar-refractivity contribution is 7.89. The molecule has 0 unspecified atom stereocenters. The van der Waals surface area contributed by atoms with Crippen LogP contribution in [0.2, 0.25) is 0 Å². The highest BCUT2D eigenvalue weighted by Gasteiger charge is 2.35. The van der Waals surface area contributed by atoms with E-state index in [0.717, 1.165) is 25.7 Å². The van der Waals surface area contributed by atoms with Crippen LogP contribution in [0.4, 0.5) is 0 Å². The van der Waals surface area contributed by atoms with Crippen LogP contribution in [0, 0.1) is 0 Å². The van der Waals surface area contributed by atoms with E-state index in [4.69, 9.17) is 0 Å². The van der Waals surface area contributed by atoms with Crippen LogP contribution in [-0.4, -0.2) is 24.0 Å². The average molecular weight is 255 g/mol. The number of sulfonamides is 1. The van der Waals surface area contributed by atoms with Gasteiger partial charge in [0.1, 0.15) is 11.1 Å². The Kier molecular flexibility index (Phi) is 2.52. The highest BCUT2D eigenvalue weighted by atomic mass is 32.2. The summed E-state index contributed by atoms with van der Waals surface area (Å²) in [5, 5.41) is -0.571. The number of aromatic nitrogens is 2. The van der Waals surface area contributed by atoms with Crippen LogP contribution in [0.3, 0.4) is 0 Å². The molecule has 0 aliphatic heterocycles. The third kappa shape index (κ3) is 2.24. The summed E-state index contributed by atoms with van der Waals surface area (Å²) >= 11 is 0. The van der Waals surface area contributed by atoms with Gasteiger partial charge in [0, 0.05) is 24.5 Å². The van der Waals surface area contributed by atoms with Crippen molar-refractivity contribution in [3.05, 3.63) is 18.2 Å². The minimum atomic E-state index is -3.28. The molecule has 6 heteroatoms. The van der Waals surface area contributed by atoms with Crippen molar-refractivity contribution < 1.29 is 8.42 Å². The van der Waals surface area contributed by atoms with Crippen LogP contribution < -0.4 is 4.72 Å². The average Bonchev–Trinajstić information content (AvgIpc) is 3.19. The van der Waals surface area contributed by atoms with E-state index in [1.54, 1.807) is 13.1 Å². The number of imidazole rings is 1. The maximum Gasteiger partial charge on any atom is 0.221 e. The van der Waals surface area contributed by atoms with Gasteiger partial charge in [0.05, 0.1) is 0 Å². The Bertz CT molecular complexity index is 515. The van der Waals surface area contributed by atoms with Gasteiger partial charge in [-0.25, -0.2) is 18.1 Å². The molecule has 1 aromatic heterocycles. The summed E-state index contributed by atoms with van der Waals surface area (Å²) in [5.74, 6) is 0.667. The van der Waals surface area contributed by atoms with Crippen molar-refractivity contribution in [1.29, 1.82) is 0 Å². The van der Waals surface area contributed by atoms with Gasteiger partial charge < -0.3 is 4.57 Å². The predicted molar refractivity (Wildman–Crippen MR) is 64.0 cm³/mol. The molecule has 2 aliphatic carbocycles. The molecule has 1 atom stereocenters. The molecule has 2 fully saturated rings. The molecule has 2 saturated carbocycles. The SMILES string of the molecule is C[C@H](c1nccn1C1CC1)S(=O)(=O)NC1CC1. The van der Waals surface area contributed by atoms with Crippen LogP contribution in [0.15, 0.2) is 12.4 Å². The Morgan fingerprint density at radius 1 is 1.41 bits per heavy atom. The summed E-state index contributed by atoms with van der Waals surface area (Å²) in [5.41, 5.74) is 0. The molecule has 94 valence electrons. The lowest BCUT2D eigenvalue weighted by Crippen LogP contribution is -2.31. The smallest absolute Gasteiger partial charge is 0.221 e. The van der Waals surface area contributed by atoms with Gasteiger partial charge in [-0.15, -0.1) is 0 Å². The van der Waals surface area contributed by atoms with Crippen molar-refractivity contribution in [3.63, 3.8) is 0 Å². The molecular weight excluding hydrogens is 238 g/mol. The maximum atomic E-state index is 12.1. The Labute approximate surface area is 101 Å². The van der Waals surface area contributed by atoms with Gasteiger partial charge in [-0.1, -0.05) is 0 Å². The molecule has 0 amide bonds. The predicted octanol–water partition coefficient (Wildman–Crippen LogP) is 1.36. The zero-order valence-corrected chi connectivity index (χ0v) is 10.7. The van der Waals surface area contributed by atoms with E-state index in [1.165, 1.54) is 0 Å². The number of nitrogens with zero attached hydrogens (tertiary/aromatic N) is 2. The zero-order valence-electron chi connectivity index (χ0n) is 9.83. The van der Waals surface area contributed by atoms with Gasteiger partial charge in [-0.3, -0.25) is 0 Å². The standard InChI is InChI=1S/C11H17N3O2S/c1-8(17(15,16)13-9-2-3-9)11-12-6-7-14(11)10-4-5-10/h6-10,13H,2-5H2,1H3/t8-/m1/s1. The van der Waals surface area contributed by atoms with Gasteiger partial charge in [0.25, 0.3) is 0 Å². The molecule has 0 spiro atoms. The number of nitrogens with one attached hydrogen (secondary N) is 1. The number of hydrogen-bond donors (Lipinski definition) is 1. The number of hydrogen-bond acceptors (Lipinski definition) is 3. The molecule has 1 aromatic rings. The van der Waals surface area contributed by atoms with E-state index < -0.39 is 15.3 Å². The van der Waals surface area contributed by atoms with Gasteiger partial charge in [-0.2, -0.15) is 0 Å². The van der Waals surface area contributed by atoms with Gasteiger partial charge in [0.2, 0.25) is 10.0 Å². The Balaban J connectivity index is 1.84. The summed E-state index contributed by atoms with van der Waals surface area (Å²) in [6.07, 6.45) is 7.76. The summed E-state index contributed by atoms with van der Waals surface area (Å²) in [7, 11) is -3.28. The van der Waals surface area contributed by atoms with E-state index in [-0.39, 0.29) is 6.04 Å². The molecule has 17 heavy (non-hydrogen) atoms. The van der Waals surface area contributed by atoms with Crippen molar-refractivity contribution >= 4 is 10.0 Å². The van der Waals surface area contributed by atoms with Gasteiger partial charge in [-0.05, 0) is 32.6 Å². The van der Waals surface area contributed by atoms with Crippen LogP contribution in [-0.2, 0) is 10.0 Å². The molecule has 1 heterocycles. The maximum absolute atomic E-state index is 12.1.